The summed E-state index contributed by atoms with van der Waals surface area (Å²) in [5, 5.41) is 2.81. The Hall–Kier alpha value is -2.36. The molecule has 1 amide bonds. The molecule has 0 fully saturated rings. The van der Waals surface area contributed by atoms with Crippen LogP contribution in [0.1, 0.15) is 52.5 Å². The van der Waals surface area contributed by atoms with E-state index < -0.39 is 0 Å². The Morgan fingerprint density at radius 1 is 1.18 bits per heavy atom. The van der Waals surface area contributed by atoms with Gasteiger partial charge in [0.2, 0.25) is 0 Å². The van der Waals surface area contributed by atoms with Crippen molar-refractivity contribution in [1.29, 1.82) is 0 Å². The molecule has 2 rings (SSSR count). The van der Waals surface area contributed by atoms with Crippen LogP contribution in [0.15, 0.2) is 35.1 Å². The minimum atomic E-state index is -0.172. The Morgan fingerprint density at radius 3 is 2.36 bits per heavy atom. The van der Waals surface area contributed by atoms with Gasteiger partial charge in [0.1, 0.15) is 0 Å². The summed E-state index contributed by atoms with van der Waals surface area (Å²) in [6, 6.07) is 9.46. The van der Waals surface area contributed by atoms with Gasteiger partial charge in [-0.3, -0.25) is 9.59 Å². The van der Waals surface area contributed by atoms with Crippen molar-refractivity contribution in [3.05, 3.63) is 68.6 Å². The first-order valence-electron chi connectivity index (χ1n) is 7.46. The molecule has 0 aliphatic rings. The predicted molar refractivity (Wildman–Crippen MR) is 88.2 cm³/mol. The van der Waals surface area contributed by atoms with Crippen LogP contribution in [0, 0.1) is 13.8 Å². The van der Waals surface area contributed by atoms with Gasteiger partial charge in [0.05, 0.1) is 0 Å². The van der Waals surface area contributed by atoms with Crippen LogP contribution in [0.4, 0.5) is 0 Å². The SMILES string of the molecule is Cc1cc(C)c(CNC(=O)c2ccc(C(C)C)cc2)c(=O)[nH]1. The molecule has 2 N–H and O–H groups in total. The highest BCUT2D eigenvalue weighted by Gasteiger charge is 2.09. The summed E-state index contributed by atoms with van der Waals surface area (Å²) in [6.07, 6.45) is 0. The molecule has 1 heterocycles. The number of amides is 1. The van der Waals surface area contributed by atoms with Gasteiger partial charge < -0.3 is 10.3 Å². The summed E-state index contributed by atoms with van der Waals surface area (Å²) < 4.78 is 0. The van der Waals surface area contributed by atoms with E-state index in [1.165, 1.54) is 5.56 Å². The van der Waals surface area contributed by atoms with E-state index in [1.54, 1.807) is 0 Å². The van der Waals surface area contributed by atoms with Crippen molar-refractivity contribution < 1.29 is 4.79 Å². The fourth-order valence-corrected chi connectivity index (χ4v) is 2.39. The van der Waals surface area contributed by atoms with E-state index >= 15 is 0 Å². The lowest BCUT2D eigenvalue weighted by Crippen LogP contribution is -2.27. The van der Waals surface area contributed by atoms with E-state index in [4.69, 9.17) is 0 Å². The number of carbonyl (C=O) groups is 1. The molecule has 0 saturated heterocycles. The largest absolute Gasteiger partial charge is 0.348 e. The molecule has 0 radical (unpaired) electrons. The van der Waals surface area contributed by atoms with Crippen molar-refractivity contribution >= 4 is 5.91 Å². The Bertz CT molecular complexity index is 728. The van der Waals surface area contributed by atoms with Crippen molar-refractivity contribution in [2.24, 2.45) is 0 Å². The third-order valence-corrected chi connectivity index (χ3v) is 3.76. The van der Waals surface area contributed by atoms with Crippen LogP contribution in [0.2, 0.25) is 0 Å². The maximum Gasteiger partial charge on any atom is 0.253 e. The topological polar surface area (TPSA) is 62.0 Å². The van der Waals surface area contributed by atoms with Crippen molar-refractivity contribution in [2.45, 2.75) is 40.2 Å². The molecule has 4 heteroatoms. The zero-order valence-electron chi connectivity index (χ0n) is 13.5. The maximum absolute atomic E-state index is 12.2. The van der Waals surface area contributed by atoms with Gasteiger partial charge in [0.25, 0.3) is 11.5 Å². The van der Waals surface area contributed by atoms with Gasteiger partial charge in [-0.2, -0.15) is 0 Å². The highest BCUT2D eigenvalue weighted by Crippen LogP contribution is 2.14. The molecule has 0 spiro atoms. The monoisotopic (exact) mass is 298 g/mol. The lowest BCUT2D eigenvalue weighted by atomic mass is 10.0. The standard InChI is InChI=1S/C18H22N2O2/c1-11(2)14-5-7-15(8-6-14)17(21)19-10-16-12(3)9-13(4)20-18(16)22/h5-9,11H,10H2,1-4H3,(H,19,21)(H,20,22). The van der Waals surface area contributed by atoms with E-state index in [9.17, 15) is 9.59 Å². The maximum atomic E-state index is 12.2. The highest BCUT2D eigenvalue weighted by molar-refractivity contribution is 5.94. The number of aromatic amines is 1. The first-order valence-corrected chi connectivity index (χ1v) is 7.46. The van der Waals surface area contributed by atoms with E-state index in [1.807, 2.05) is 44.2 Å². The fraction of sp³-hybridized carbons (Fsp3) is 0.333. The number of aryl methyl sites for hydroxylation is 2. The van der Waals surface area contributed by atoms with E-state index in [2.05, 4.69) is 24.1 Å². The Morgan fingerprint density at radius 2 is 1.82 bits per heavy atom. The second-order valence-electron chi connectivity index (χ2n) is 5.90. The Kier molecular flexibility index (Phi) is 4.81. The molecule has 0 aliphatic heterocycles. The summed E-state index contributed by atoms with van der Waals surface area (Å²) in [4.78, 5) is 26.8. The number of H-pyrrole nitrogens is 1. The Labute approximate surface area is 130 Å². The van der Waals surface area contributed by atoms with Crippen LogP contribution in [-0.4, -0.2) is 10.9 Å². The number of hydrogen-bond donors (Lipinski definition) is 2. The minimum Gasteiger partial charge on any atom is -0.348 e. The molecule has 0 saturated carbocycles. The third-order valence-electron chi connectivity index (χ3n) is 3.76. The molecular formula is C18H22N2O2. The van der Waals surface area contributed by atoms with Crippen LogP contribution >= 0.6 is 0 Å². The van der Waals surface area contributed by atoms with Crippen molar-refractivity contribution in [2.75, 3.05) is 0 Å². The molecule has 2 aromatic rings. The first-order chi connectivity index (χ1) is 10.4. The van der Waals surface area contributed by atoms with Gasteiger partial charge in [0.15, 0.2) is 0 Å². The number of aromatic nitrogens is 1. The molecule has 0 unspecified atom stereocenters. The molecule has 4 nitrogen and oxygen atoms in total. The number of nitrogens with one attached hydrogen (secondary N) is 2. The summed E-state index contributed by atoms with van der Waals surface area (Å²) in [5.74, 6) is 0.264. The van der Waals surface area contributed by atoms with Gasteiger partial charge in [0, 0.05) is 23.4 Å². The molecule has 1 aromatic carbocycles. The minimum absolute atomic E-state index is 0.145. The van der Waals surface area contributed by atoms with Gasteiger partial charge in [-0.25, -0.2) is 0 Å². The van der Waals surface area contributed by atoms with E-state index in [0.717, 1.165) is 11.3 Å². The number of carbonyl (C=O) groups excluding carboxylic acids is 1. The van der Waals surface area contributed by atoms with Crippen molar-refractivity contribution in [3.63, 3.8) is 0 Å². The summed E-state index contributed by atoms with van der Waals surface area (Å²) in [7, 11) is 0. The average molecular weight is 298 g/mol. The van der Waals surface area contributed by atoms with Crippen LogP contribution in [-0.2, 0) is 6.54 Å². The van der Waals surface area contributed by atoms with Gasteiger partial charge >= 0.3 is 0 Å². The smallest absolute Gasteiger partial charge is 0.253 e. The summed E-state index contributed by atoms with van der Waals surface area (Å²) in [5.41, 5.74) is 3.96. The second-order valence-corrected chi connectivity index (χ2v) is 5.90. The molecule has 0 bridgehead atoms. The van der Waals surface area contributed by atoms with Crippen molar-refractivity contribution in [1.82, 2.24) is 10.3 Å². The zero-order chi connectivity index (χ0) is 16.3. The second kappa shape index (κ2) is 6.60. The normalized spacial score (nSPS) is 10.8. The summed E-state index contributed by atoms with van der Waals surface area (Å²) in [6.45, 7) is 8.17. The van der Waals surface area contributed by atoms with Gasteiger partial charge in [-0.15, -0.1) is 0 Å². The summed E-state index contributed by atoms with van der Waals surface area (Å²) >= 11 is 0. The molecule has 0 atom stereocenters. The molecule has 116 valence electrons. The van der Waals surface area contributed by atoms with Crippen molar-refractivity contribution in [3.8, 4) is 0 Å². The lowest BCUT2D eigenvalue weighted by molar-refractivity contribution is 0.0950. The van der Waals surface area contributed by atoms with Gasteiger partial charge in [-0.1, -0.05) is 26.0 Å². The third kappa shape index (κ3) is 3.64. The van der Waals surface area contributed by atoms with E-state index in [0.29, 0.717) is 17.0 Å². The first kappa shape index (κ1) is 16.0. The number of pyridine rings is 1. The zero-order valence-corrected chi connectivity index (χ0v) is 13.5. The van der Waals surface area contributed by atoms with Crippen LogP contribution in [0.3, 0.4) is 0 Å². The van der Waals surface area contributed by atoms with Crippen LogP contribution in [0.25, 0.3) is 0 Å². The average Bonchev–Trinajstić information content (AvgIpc) is 2.46. The lowest BCUT2D eigenvalue weighted by Gasteiger charge is -2.09. The predicted octanol–water partition coefficient (Wildman–Crippen LogP) is 3.05. The Balaban J connectivity index is 2.09. The van der Waals surface area contributed by atoms with Crippen LogP contribution < -0.4 is 10.9 Å². The molecule has 1 aromatic heterocycles. The van der Waals surface area contributed by atoms with E-state index in [-0.39, 0.29) is 18.0 Å². The van der Waals surface area contributed by atoms with Gasteiger partial charge in [-0.05, 0) is 49.1 Å². The fourth-order valence-electron chi connectivity index (χ4n) is 2.39. The molecule has 0 aliphatic carbocycles. The highest BCUT2D eigenvalue weighted by atomic mass is 16.1. The number of hydrogen-bond acceptors (Lipinski definition) is 2. The quantitative estimate of drug-likeness (QED) is 0.911. The number of benzene rings is 1. The van der Waals surface area contributed by atoms with Crippen LogP contribution in [0.5, 0.6) is 0 Å². The number of rotatable bonds is 4. The molecule has 22 heavy (non-hydrogen) atoms. The molecular weight excluding hydrogens is 276 g/mol.